The molecule has 0 spiro atoms. The van der Waals surface area contributed by atoms with Crippen molar-refractivity contribution in [3.8, 4) is 11.3 Å². The first-order valence-corrected chi connectivity index (χ1v) is 10.3. The first-order chi connectivity index (χ1) is 14.8. The molecule has 9 heteroatoms. The molecule has 0 saturated carbocycles. The van der Waals surface area contributed by atoms with Gasteiger partial charge in [0.05, 0.1) is 0 Å². The lowest BCUT2D eigenvalue weighted by molar-refractivity contribution is 0.0977. The zero-order valence-corrected chi connectivity index (χ0v) is 17.9. The maximum atomic E-state index is 13.3. The van der Waals surface area contributed by atoms with Crippen LogP contribution in [-0.4, -0.2) is 27.2 Å². The van der Waals surface area contributed by atoms with E-state index >= 15 is 0 Å². The first kappa shape index (κ1) is 22.1. The van der Waals surface area contributed by atoms with E-state index in [0.717, 1.165) is 12.0 Å². The number of rotatable bonds is 8. The Kier molecular flexibility index (Phi) is 6.74. The highest BCUT2D eigenvalue weighted by Crippen LogP contribution is 2.24. The molecule has 31 heavy (non-hydrogen) atoms. The molecule has 0 bridgehead atoms. The second-order valence-electron chi connectivity index (χ2n) is 7.75. The van der Waals surface area contributed by atoms with Crippen molar-refractivity contribution in [3.63, 3.8) is 0 Å². The van der Waals surface area contributed by atoms with E-state index in [4.69, 9.17) is 10.3 Å². The zero-order chi connectivity index (χ0) is 22.5. The summed E-state index contributed by atoms with van der Waals surface area (Å²) in [5, 5.41) is 3.91. The van der Waals surface area contributed by atoms with Crippen molar-refractivity contribution in [2.45, 2.75) is 40.2 Å². The molecule has 0 aliphatic heterocycles. The lowest BCUT2D eigenvalue weighted by Gasteiger charge is -2.24. The van der Waals surface area contributed by atoms with Gasteiger partial charge in [-0.25, -0.2) is 4.79 Å². The number of hydrogen-bond acceptors (Lipinski definition) is 6. The van der Waals surface area contributed by atoms with E-state index in [0.29, 0.717) is 18.7 Å². The van der Waals surface area contributed by atoms with Crippen LogP contribution in [0.4, 0.5) is 11.5 Å². The summed E-state index contributed by atoms with van der Waals surface area (Å²) in [6.07, 6.45) is 1.43. The van der Waals surface area contributed by atoms with Crippen LogP contribution in [0, 0.1) is 5.92 Å². The standard InChI is InChI=1S/C22H27N5O4/c1-4-5-11-26(18-19(23)27(13-14(2)3)22(30)24-20(18)28)21(29)16-12-17(31-25-16)15-9-7-6-8-10-15/h6-10,12,14H,4-5,11,13,23H2,1-3H3,(H,24,28,30). The second-order valence-corrected chi connectivity index (χ2v) is 7.75. The van der Waals surface area contributed by atoms with E-state index < -0.39 is 17.2 Å². The normalized spacial score (nSPS) is 11.1. The van der Waals surface area contributed by atoms with Gasteiger partial charge >= 0.3 is 5.69 Å². The zero-order valence-electron chi connectivity index (χ0n) is 17.9. The van der Waals surface area contributed by atoms with Gasteiger partial charge in [-0.1, -0.05) is 62.7 Å². The average molecular weight is 425 g/mol. The van der Waals surface area contributed by atoms with Crippen LogP contribution in [0.15, 0.2) is 50.5 Å². The summed E-state index contributed by atoms with van der Waals surface area (Å²) in [5.74, 6) is -0.0152. The van der Waals surface area contributed by atoms with Gasteiger partial charge in [0.2, 0.25) is 0 Å². The Hall–Kier alpha value is -3.62. The molecule has 0 saturated heterocycles. The van der Waals surface area contributed by atoms with E-state index in [-0.39, 0.29) is 29.7 Å². The van der Waals surface area contributed by atoms with Crippen molar-refractivity contribution in [3.05, 3.63) is 62.9 Å². The Labute approximate surface area is 179 Å². The highest BCUT2D eigenvalue weighted by atomic mass is 16.5. The number of carbonyl (C=O) groups is 1. The monoisotopic (exact) mass is 425 g/mol. The maximum absolute atomic E-state index is 13.3. The molecule has 2 heterocycles. The fourth-order valence-corrected chi connectivity index (χ4v) is 3.27. The van der Waals surface area contributed by atoms with Gasteiger partial charge in [-0.05, 0) is 12.3 Å². The fraction of sp³-hybridized carbons (Fsp3) is 0.364. The minimum atomic E-state index is -0.710. The molecule has 2 aromatic heterocycles. The van der Waals surface area contributed by atoms with E-state index in [2.05, 4.69) is 10.1 Å². The summed E-state index contributed by atoms with van der Waals surface area (Å²) < 4.78 is 6.63. The van der Waals surface area contributed by atoms with E-state index in [9.17, 15) is 14.4 Å². The van der Waals surface area contributed by atoms with Gasteiger partial charge in [-0.2, -0.15) is 0 Å². The van der Waals surface area contributed by atoms with Crippen molar-refractivity contribution in [1.29, 1.82) is 0 Å². The minimum Gasteiger partial charge on any atom is -0.383 e. The minimum absolute atomic E-state index is 0.0429. The molecule has 9 nitrogen and oxygen atoms in total. The summed E-state index contributed by atoms with van der Waals surface area (Å²) in [4.78, 5) is 41.8. The molecule has 0 atom stereocenters. The van der Waals surface area contributed by atoms with Gasteiger partial charge in [-0.15, -0.1) is 0 Å². The second kappa shape index (κ2) is 9.46. The quantitative estimate of drug-likeness (QED) is 0.571. The molecule has 1 amide bonds. The molecule has 3 N–H and O–H groups in total. The highest BCUT2D eigenvalue weighted by Gasteiger charge is 2.27. The smallest absolute Gasteiger partial charge is 0.330 e. The van der Waals surface area contributed by atoms with Crippen LogP contribution in [0.2, 0.25) is 0 Å². The number of nitrogen functional groups attached to an aromatic ring is 1. The molecule has 0 radical (unpaired) electrons. The number of amides is 1. The highest BCUT2D eigenvalue weighted by molar-refractivity contribution is 6.06. The summed E-state index contributed by atoms with van der Waals surface area (Å²) in [7, 11) is 0. The number of carbonyl (C=O) groups excluding carboxylic acids is 1. The molecular formula is C22H27N5O4. The number of H-pyrrole nitrogens is 1. The predicted molar refractivity (Wildman–Crippen MR) is 119 cm³/mol. The van der Waals surface area contributed by atoms with Crippen molar-refractivity contribution >= 4 is 17.4 Å². The molecule has 164 valence electrons. The van der Waals surface area contributed by atoms with Crippen LogP contribution in [0.5, 0.6) is 0 Å². The van der Waals surface area contributed by atoms with Gasteiger partial charge in [0.25, 0.3) is 11.5 Å². The third-order valence-electron chi connectivity index (χ3n) is 4.80. The third-order valence-corrected chi connectivity index (χ3v) is 4.80. The van der Waals surface area contributed by atoms with Crippen LogP contribution >= 0.6 is 0 Å². The molecule has 0 aliphatic carbocycles. The van der Waals surface area contributed by atoms with Gasteiger partial charge in [-0.3, -0.25) is 24.0 Å². The lowest BCUT2D eigenvalue weighted by Crippen LogP contribution is -2.42. The summed E-state index contributed by atoms with van der Waals surface area (Å²) >= 11 is 0. The summed E-state index contributed by atoms with van der Waals surface area (Å²) in [6.45, 7) is 6.39. The van der Waals surface area contributed by atoms with Gasteiger partial charge in [0, 0.05) is 24.7 Å². The molecule has 3 aromatic rings. The SMILES string of the molecule is CCCCN(C(=O)c1cc(-c2ccccc2)on1)c1c(N)n(CC(C)C)c(=O)[nH]c1=O. The number of aromatic nitrogens is 3. The number of benzene rings is 1. The number of nitrogens with two attached hydrogens (primary N) is 1. The number of unbranched alkanes of at least 4 members (excludes halogenated alkanes) is 1. The average Bonchev–Trinajstić information content (AvgIpc) is 3.23. The van der Waals surface area contributed by atoms with E-state index in [1.807, 2.05) is 51.1 Å². The fourth-order valence-electron chi connectivity index (χ4n) is 3.27. The van der Waals surface area contributed by atoms with Crippen molar-refractivity contribution < 1.29 is 9.32 Å². The number of hydrogen-bond donors (Lipinski definition) is 2. The Morgan fingerprint density at radius 3 is 2.61 bits per heavy atom. The predicted octanol–water partition coefficient (Wildman–Crippen LogP) is 2.88. The van der Waals surface area contributed by atoms with Crippen LogP contribution in [0.3, 0.4) is 0 Å². The largest absolute Gasteiger partial charge is 0.383 e. The number of anilines is 2. The van der Waals surface area contributed by atoms with E-state index in [1.165, 1.54) is 15.5 Å². The Balaban J connectivity index is 2.05. The van der Waals surface area contributed by atoms with Gasteiger partial charge in [0.15, 0.2) is 17.1 Å². The topological polar surface area (TPSA) is 127 Å². The lowest BCUT2D eigenvalue weighted by atomic mass is 10.1. The van der Waals surface area contributed by atoms with Crippen molar-refractivity contribution in [1.82, 2.24) is 14.7 Å². The van der Waals surface area contributed by atoms with Crippen LogP contribution < -0.4 is 21.9 Å². The van der Waals surface area contributed by atoms with Crippen molar-refractivity contribution in [2.75, 3.05) is 17.2 Å². The maximum Gasteiger partial charge on any atom is 0.330 e. The number of nitrogens with zero attached hydrogens (tertiary/aromatic N) is 3. The number of aromatic amines is 1. The summed E-state index contributed by atoms with van der Waals surface area (Å²) in [5.41, 5.74) is 5.69. The molecule has 3 rings (SSSR count). The number of nitrogens with one attached hydrogen (secondary N) is 1. The van der Waals surface area contributed by atoms with Gasteiger partial charge in [0.1, 0.15) is 5.82 Å². The van der Waals surface area contributed by atoms with E-state index in [1.54, 1.807) is 0 Å². The Bertz CT molecular complexity index is 1160. The molecule has 0 unspecified atom stereocenters. The van der Waals surface area contributed by atoms with Crippen LogP contribution in [0.25, 0.3) is 11.3 Å². The van der Waals surface area contributed by atoms with Crippen LogP contribution in [-0.2, 0) is 6.54 Å². The molecule has 0 aliphatic rings. The van der Waals surface area contributed by atoms with Crippen LogP contribution in [0.1, 0.15) is 44.1 Å². The Morgan fingerprint density at radius 1 is 1.26 bits per heavy atom. The van der Waals surface area contributed by atoms with Gasteiger partial charge < -0.3 is 10.3 Å². The molecular weight excluding hydrogens is 398 g/mol. The Morgan fingerprint density at radius 2 is 1.97 bits per heavy atom. The van der Waals surface area contributed by atoms with Crippen molar-refractivity contribution in [2.24, 2.45) is 5.92 Å². The molecule has 0 fully saturated rings. The third kappa shape index (κ3) is 4.76. The first-order valence-electron chi connectivity index (χ1n) is 10.3. The summed E-state index contributed by atoms with van der Waals surface area (Å²) in [6, 6.07) is 10.8. The molecule has 1 aromatic carbocycles.